The predicted molar refractivity (Wildman–Crippen MR) is 47.2 cm³/mol. The van der Waals surface area contributed by atoms with E-state index in [0.717, 1.165) is 0 Å². The van der Waals surface area contributed by atoms with Crippen LogP contribution in [0, 0.1) is 0 Å². The first-order chi connectivity index (χ1) is 7.09. The fraction of sp³-hybridized carbons (Fsp3) is 0.222. The lowest BCUT2D eigenvalue weighted by atomic mass is 10.3. The summed E-state index contributed by atoms with van der Waals surface area (Å²) in [5.74, 6) is 0.296. The van der Waals surface area contributed by atoms with Crippen LogP contribution in [-0.4, -0.2) is 18.0 Å². The van der Waals surface area contributed by atoms with E-state index < -0.39 is 11.3 Å². The van der Waals surface area contributed by atoms with Crippen molar-refractivity contribution in [3.05, 3.63) is 24.2 Å². The molecule has 13 heavy (non-hydrogen) atoms. The minimum Gasteiger partial charge on any atom is -0.485 e. The molecule has 0 saturated heterocycles. The highest BCUT2D eigenvalue weighted by molar-refractivity contribution is 6.64. The summed E-state index contributed by atoms with van der Waals surface area (Å²) in [7, 11) is 0. The molecule has 1 aromatic carbocycles. The quantitative estimate of drug-likeness (QED) is 0.646. The maximum absolute atomic E-state index is 10.9. The Morgan fingerprint density at radius 3 is 2.92 bits per heavy atom. The van der Waals surface area contributed by atoms with Crippen molar-refractivity contribution in [2.45, 2.75) is 6.10 Å². The zero-order chi connectivity index (χ0) is 11.0. The number of para-hydroxylation sites is 2. The van der Waals surface area contributed by atoms with Crippen LogP contribution in [0.25, 0.3) is 0 Å². The van der Waals surface area contributed by atoms with Gasteiger partial charge < -0.3 is 9.47 Å². The van der Waals surface area contributed by atoms with E-state index in [4.69, 9.17) is 23.8 Å². The second-order valence-corrected chi connectivity index (χ2v) is 2.87. The Balaban J connectivity index is 2.41. The van der Waals surface area contributed by atoms with Gasteiger partial charge in [-0.3, -0.25) is 4.79 Å². The van der Waals surface area contributed by atoms with Gasteiger partial charge in [0.25, 0.3) is 5.24 Å². The Morgan fingerprint density at radius 1 is 1.54 bits per heavy atom. The minimum atomic E-state index is -0.898. The highest BCUT2D eigenvalue weighted by Crippen LogP contribution is 2.31. The number of ether oxygens (including phenoxy) is 2. The average molecular weight is 201 g/mol. The summed E-state index contributed by atoms with van der Waals surface area (Å²) >= 11 is 5.26. The summed E-state index contributed by atoms with van der Waals surface area (Å²) in [6, 6.07) is 3.05. The van der Waals surface area contributed by atoms with E-state index in [1.54, 1.807) is 0 Å². The molecular formula is C9H7ClO3. The lowest BCUT2D eigenvalue weighted by Crippen LogP contribution is -2.33. The van der Waals surface area contributed by atoms with Crippen molar-refractivity contribution in [1.29, 1.82) is 0 Å². The fourth-order valence-electron chi connectivity index (χ4n) is 1.01. The lowest BCUT2D eigenvalue weighted by molar-refractivity contribution is -0.120. The van der Waals surface area contributed by atoms with Gasteiger partial charge in [-0.15, -0.1) is 0 Å². The summed E-state index contributed by atoms with van der Waals surface area (Å²) in [5, 5.41) is -0.671. The standard InChI is InChI=1S/C9H7ClO3/c10-9(11)8-5-12-6-3-1-2-4-7(6)13-8/h1-4,8H,5H2/i3D,4D. The molecule has 0 amide bonds. The van der Waals surface area contributed by atoms with Gasteiger partial charge in [0.2, 0.25) is 6.10 Å². The van der Waals surface area contributed by atoms with E-state index in [2.05, 4.69) is 0 Å². The molecule has 0 spiro atoms. The molecule has 1 unspecified atom stereocenters. The number of rotatable bonds is 1. The molecule has 3 nitrogen and oxygen atoms in total. The number of fused-ring (bicyclic) bond motifs is 1. The zero-order valence-electron chi connectivity index (χ0n) is 8.54. The zero-order valence-corrected chi connectivity index (χ0v) is 7.30. The summed E-state index contributed by atoms with van der Waals surface area (Å²) in [5.41, 5.74) is 0. The average Bonchev–Trinajstić information content (AvgIpc) is 2.23. The van der Waals surface area contributed by atoms with Crippen LogP contribution in [0.1, 0.15) is 2.74 Å². The molecule has 0 radical (unpaired) electrons. The van der Waals surface area contributed by atoms with Crippen LogP contribution >= 0.6 is 11.6 Å². The number of hydrogen-bond acceptors (Lipinski definition) is 3. The predicted octanol–water partition coefficient (Wildman–Crippen LogP) is 1.59. The SMILES string of the molecule is [2H]c1ccc([2H])c2c1OCC(C(=O)Cl)O2. The Labute approximate surface area is 83.0 Å². The number of carbonyl (C=O) groups excluding carboxylic acids is 1. The van der Waals surface area contributed by atoms with Gasteiger partial charge in [-0.1, -0.05) is 12.1 Å². The van der Waals surface area contributed by atoms with Crippen LogP contribution in [-0.2, 0) is 4.79 Å². The number of halogens is 1. The number of hydrogen-bond donors (Lipinski definition) is 0. The summed E-state index contributed by atoms with van der Waals surface area (Å²) in [6.07, 6.45) is -0.898. The third-order valence-corrected chi connectivity index (χ3v) is 1.85. The van der Waals surface area contributed by atoms with Crippen molar-refractivity contribution < 1.29 is 17.0 Å². The van der Waals surface area contributed by atoms with Gasteiger partial charge in [0.05, 0.1) is 2.74 Å². The van der Waals surface area contributed by atoms with Crippen LogP contribution in [0.3, 0.4) is 0 Å². The first kappa shape index (κ1) is 6.27. The summed E-state index contributed by atoms with van der Waals surface area (Å²) in [4.78, 5) is 10.9. The molecule has 4 heteroatoms. The van der Waals surface area contributed by atoms with E-state index in [1.807, 2.05) is 0 Å². The second-order valence-electron chi connectivity index (χ2n) is 2.50. The third-order valence-electron chi connectivity index (χ3n) is 1.61. The maximum atomic E-state index is 10.9. The summed E-state index contributed by atoms with van der Waals surface area (Å²) in [6.45, 7) is -0.0231. The maximum Gasteiger partial charge on any atom is 0.265 e. The van der Waals surface area contributed by atoms with E-state index in [0.29, 0.717) is 0 Å². The smallest absolute Gasteiger partial charge is 0.265 e. The Hall–Kier alpha value is -1.22. The number of carbonyl (C=O) groups is 1. The molecule has 0 saturated carbocycles. The van der Waals surface area contributed by atoms with Crippen molar-refractivity contribution in [1.82, 2.24) is 0 Å². The molecular weight excluding hydrogens is 192 g/mol. The van der Waals surface area contributed by atoms with Gasteiger partial charge in [0, 0.05) is 0 Å². The van der Waals surface area contributed by atoms with E-state index in [1.165, 1.54) is 12.1 Å². The molecule has 1 aliphatic heterocycles. The minimum absolute atomic E-state index is 0.0231. The molecule has 1 aromatic rings. The van der Waals surface area contributed by atoms with Crippen molar-refractivity contribution >= 4 is 16.8 Å². The molecule has 0 N–H and O–H groups in total. The van der Waals surface area contributed by atoms with Crippen LogP contribution in [0.4, 0.5) is 0 Å². The van der Waals surface area contributed by atoms with Crippen molar-refractivity contribution in [2.24, 2.45) is 0 Å². The Morgan fingerprint density at radius 2 is 2.23 bits per heavy atom. The van der Waals surface area contributed by atoms with E-state index in [-0.39, 0.29) is 30.2 Å². The van der Waals surface area contributed by atoms with Gasteiger partial charge in [-0.2, -0.15) is 0 Å². The van der Waals surface area contributed by atoms with Crippen molar-refractivity contribution in [3.8, 4) is 11.5 Å². The van der Waals surface area contributed by atoms with E-state index in [9.17, 15) is 4.79 Å². The number of benzene rings is 1. The highest BCUT2D eigenvalue weighted by atomic mass is 35.5. The molecule has 1 heterocycles. The summed E-state index contributed by atoms with van der Waals surface area (Å²) < 4.78 is 25.4. The van der Waals surface area contributed by atoms with Crippen LogP contribution in [0.5, 0.6) is 11.5 Å². The van der Waals surface area contributed by atoms with Gasteiger partial charge in [0.1, 0.15) is 6.61 Å². The normalized spacial score (nSPS) is 21.8. The van der Waals surface area contributed by atoms with Crippen LogP contribution in [0.2, 0.25) is 0 Å². The van der Waals surface area contributed by atoms with Crippen LogP contribution in [0.15, 0.2) is 24.2 Å². The molecule has 1 aliphatic rings. The van der Waals surface area contributed by atoms with Gasteiger partial charge in [-0.05, 0) is 23.7 Å². The monoisotopic (exact) mass is 200 g/mol. The van der Waals surface area contributed by atoms with Crippen molar-refractivity contribution in [3.63, 3.8) is 0 Å². The fourth-order valence-corrected chi connectivity index (χ4v) is 1.12. The Bertz CT molecular complexity index is 422. The van der Waals surface area contributed by atoms with Crippen LogP contribution < -0.4 is 9.47 Å². The molecule has 0 bridgehead atoms. The van der Waals surface area contributed by atoms with Gasteiger partial charge >= 0.3 is 0 Å². The lowest BCUT2D eigenvalue weighted by Gasteiger charge is -2.23. The molecule has 2 rings (SSSR count). The first-order valence-electron chi connectivity index (χ1n) is 4.68. The largest absolute Gasteiger partial charge is 0.485 e. The molecule has 1 atom stereocenters. The second kappa shape index (κ2) is 3.26. The third kappa shape index (κ3) is 1.60. The van der Waals surface area contributed by atoms with Gasteiger partial charge in [0.15, 0.2) is 11.5 Å². The molecule has 0 fully saturated rings. The molecule has 0 aliphatic carbocycles. The molecule has 0 aromatic heterocycles. The van der Waals surface area contributed by atoms with E-state index >= 15 is 0 Å². The molecule has 68 valence electrons. The van der Waals surface area contributed by atoms with Crippen molar-refractivity contribution in [2.75, 3.05) is 6.61 Å². The highest BCUT2D eigenvalue weighted by Gasteiger charge is 2.25. The van der Waals surface area contributed by atoms with Gasteiger partial charge in [-0.25, -0.2) is 0 Å². The topological polar surface area (TPSA) is 35.5 Å². The first-order valence-corrected chi connectivity index (χ1v) is 4.06. The Kier molecular flexibility index (Phi) is 1.57.